The number of carbonyl (C=O) groups is 1. The molecule has 0 atom stereocenters. The van der Waals surface area contributed by atoms with Crippen molar-refractivity contribution in [1.82, 2.24) is 14.9 Å². The highest BCUT2D eigenvalue weighted by molar-refractivity contribution is 5.94. The van der Waals surface area contributed by atoms with E-state index in [2.05, 4.69) is 15.3 Å². The first-order valence-electron chi connectivity index (χ1n) is 7.70. The second-order valence-electron chi connectivity index (χ2n) is 5.52. The van der Waals surface area contributed by atoms with Gasteiger partial charge in [-0.15, -0.1) is 0 Å². The predicted molar refractivity (Wildman–Crippen MR) is 85.6 cm³/mol. The van der Waals surface area contributed by atoms with Gasteiger partial charge in [-0.3, -0.25) is 14.8 Å². The topological polar surface area (TPSA) is 58.1 Å². The molecule has 0 radical (unpaired) electrons. The van der Waals surface area contributed by atoms with Crippen LogP contribution in [0.4, 0.5) is 5.69 Å². The van der Waals surface area contributed by atoms with E-state index in [9.17, 15) is 4.79 Å². The Bertz CT molecular complexity index is 624. The van der Waals surface area contributed by atoms with Gasteiger partial charge in [-0.1, -0.05) is 0 Å². The molecule has 0 bridgehead atoms. The highest BCUT2D eigenvalue weighted by atomic mass is 16.2. The number of pyridine rings is 2. The maximum absolute atomic E-state index is 12.5. The Kier molecular flexibility index (Phi) is 4.63. The van der Waals surface area contributed by atoms with Crippen molar-refractivity contribution >= 4 is 11.6 Å². The number of aromatic nitrogens is 2. The van der Waals surface area contributed by atoms with Crippen LogP contribution in [0.3, 0.4) is 0 Å². The first kappa shape index (κ1) is 14.5. The van der Waals surface area contributed by atoms with E-state index >= 15 is 0 Å². The van der Waals surface area contributed by atoms with Gasteiger partial charge in [-0.25, -0.2) is 0 Å². The predicted octanol–water partition coefficient (Wildman–Crippen LogP) is 2.71. The molecule has 5 heteroatoms. The first-order valence-corrected chi connectivity index (χ1v) is 7.70. The molecule has 1 saturated heterocycles. The van der Waals surface area contributed by atoms with Crippen molar-refractivity contribution in [2.75, 3.05) is 18.4 Å². The standard InChI is InChI=1S/C17H20N4O/c22-17(21-8-2-1-3-9-21)15-10-16(13-19-12-15)20-11-14-4-6-18-7-5-14/h4-7,10,12-13,20H,1-3,8-9,11H2. The fourth-order valence-corrected chi connectivity index (χ4v) is 2.64. The number of nitrogens with zero attached hydrogens (tertiary/aromatic N) is 3. The second kappa shape index (κ2) is 7.02. The molecule has 2 aromatic heterocycles. The fourth-order valence-electron chi connectivity index (χ4n) is 2.64. The molecule has 1 N–H and O–H groups in total. The molecule has 1 aliphatic rings. The van der Waals surface area contributed by atoms with E-state index in [1.54, 1.807) is 24.8 Å². The number of nitrogens with one attached hydrogen (secondary N) is 1. The molecular formula is C17H20N4O. The summed E-state index contributed by atoms with van der Waals surface area (Å²) < 4.78 is 0. The second-order valence-corrected chi connectivity index (χ2v) is 5.52. The maximum Gasteiger partial charge on any atom is 0.255 e. The first-order chi connectivity index (χ1) is 10.8. The Morgan fingerprint density at radius 3 is 2.64 bits per heavy atom. The van der Waals surface area contributed by atoms with E-state index in [0.717, 1.165) is 37.2 Å². The maximum atomic E-state index is 12.5. The Morgan fingerprint density at radius 2 is 1.86 bits per heavy atom. The SMILES string of the molecule is O=C(c1cncc(NCc2ccncc2)c1)N1CCCCC1. The van der Waals surface area contributed by atoms with Crippen LogP contribution in [-0.4, -0.2) is 33.9 Å². The summed E-state index contributed by atoms with van der Waals surface area (Å²) in [6.07, 6.45) is 10.3. The molecule has 0 aliphatic carbocycles. The minimum Gasteiger partial charge on any atom is -0.380 e. The zero-order valence-electron chi connectivity index (χ0n) is 12.5. The number of hydrogen-bond acceptors (Lipinski definition) is 4. The summed E-state index contributed by atoms with van der Waals surface area (Å²) in [5.41, 5.74) is 2.66. The van der Waals surface area contributed by atoms with E-state index in [-0.39, 0.29) is 5.91 Å². The van der Waals surface area contributed by atoms with Crippen molar-refractivity contribution < 1.29 is 4.79 Å². The number of likely N-dealkylation sites (tertiary alicyclic amines) is 1. The molecule has 2 aromatic rings. The van der Waals surface area contributed by atoms with Gasteiger partial charge < -0.3 is 10.2 Å². The van der Waals surface area contributed by atoms with Gasteiger partial charge in [0.25, 0.3) is 5.91 Å². The van der Waals surface area contributed by atoms with E-state index in [4.69, 9.17) is 0 Å². The molecule has 0 saturated carbocycles. The quantitative estimate of drug-likeness (QED) is 0.942. The van der Waals surface area contributed by atoms with Crippen molar-refractivity contribution in [2.24, 2.45) is 0 Å². The molecule has 1 amide bonds. The number of piperidine rings is 1. The molecule has 5 nitrogen and oxygen atoms in total. The Hall–Kier alpha value is -2.43. The molecule has 1 aliphatic heterocycles. The molecule has 1 fully saturated rings. The van der Waals surface area contributed by atoms with Gasteiger partial charge in [-0.2, -0.15) is 0 Å². The fraction of sp³-hybridized carbons (Fsp3) is 0.353. The molecule has 3 heterocycles. The van der Waals surface area contributed by atoms with E-state index < -0.39 is 0 Å². The number of amides is 1. The van der Waals surface area contributed by atoms with Crippen LogP contribution in [0.15, 0.2) is 43.0 Å². The number of carbonyl (C=O) groups excluding carboxylic acids is 1. The lowest BCUT2D eigenvalue weighted by molar-refractivity contribution is 0.0724. The number of rotatable bonds is 4. The molecule has 0 aromatic carbocycles. The molecule has 3 rings (SSSR count). The average molecular weight is 296 g/mol. The van der Waals surface area contributed by atoms with Crippen LogP contribution in [0.25, 0.3) is 0 Å². The molecule has 0 spiro atoms. The Balaban J connectivity index is 1.65. The van der Waals surface area contributed by atoms with Gasteiger partial charge in [0, 0.05) is 44.4 Å². The normalized spacial score (nSPS) is 14.6. The Labute approximate surface area is 130 Å². The van der Waals surface area contributed by atoms with E-state index in [1.807, 2.05) is 23.1 Å². The number of hydrogen-bond donors (Lipinski definition) is 1. The van der Waals surface area contributed by atoms with Crippen LogP contribution >= 0.6 is 0 Å². The van der Waals surface area contributed by atoms with Gasteiger partial charge >= 0.3 is 0 Å². The average Bonchev–Trinajstić information content (AvgIpc) is 2.61. The Morgan fingerprint density at radius 1 is 1.09 bits per heavy atom. The lowest BCUT2D eigenvalue weighted by Crippen LogP contribution is -2.35. The summed E-state index contributed by atoms with van der Waals surface area (Å²) in [6.45, 7) is 2.40. The van der Waals surface area contributed by atoms with Crippen LogP contribution in [0, 0.1) is 0 Å². The van der Waals surface area contributed by atoms with Gasteiger partial charge in [0.15, 0.2) is 0 Å². The van der Waals surface area contributed by atoms with Crippen molar-refractivity contribution in [2.45, 2.75) is 25.8 Å². The summed E-state index contributed by atoms with van der Waals surface area (Å²) in [7, 11) is 0. The molecular weight excluding hydrogens is 276 g/mol. The summed E-state index contributed by atoms with van der Waals surface area (Å²) in [5, 5.41) is 3.30. The van der Waals surface area contributed by atoms with Gasteiger partial charge in [0.1, 0.15) is 0 Å². The van der Waals surface area contributed by atoms with E-state index in [0.29, 0.717) is 12.1 Å². The van der Waals surface area contributed by atoms with E-state index in [1.165, 1.54) is 6.42 Å². The highest BCUT2D eigenvalue weighted by Crippen LogP contribution is 2.15. The minimum absolute atomic E-state index is 0.0831. The van der Waals surface area contributed by atoms with Crippen LogP contribution in [0.5, 0.6) is 0 Å². The lowest BCUT2D eigenvalue weighted by Gasteiger charge is -2.26. The van der Waals surface area contributed by atoms with Gasteiger partial charge in [0.05, 0.1) is 11.3 Å². The number of anilines is 1. The van der Waals surface area contributed by atoms with Crippen molar-refractivity contribution in [3.8, 4) is 0 Å². The third-order valence-corrected chi connectivity index (χ3v) is 3.87. The van der Waals surface area contributed by atoms with Crippen LogP contribution in [0.2, 0.25) is 0 Å². The van der Waals surface area contributed by atoms with Crippen LogP contribution < -0.4 is 5.32 Å². The van der Waals surface area contributed by atoms with Crippen molar-refractivity contribution in [1.29, 1.82) is 0 Å². The van der Waals surface area contributed by atoms with Crippen LogP contribution in [0.1, 0.15) is 35.2 Å². The molecule has 22 heavy (non-hydrogen) atoms. The summed E-state index contributed by atoms with van der Waals surface area (Å²) >= 11 is 0. The zero-order valence-corrected chi connectivity index (χ0v) is 12.5. The summed E-state index contributed by atoms with van der Waals surface area (Å²) in [5.74, 6) is 0.0831. The van der Waals surface area contributed by atoms with Crippen LogP contribution in [-0.2, 0) is 6.54 Å². The monoisotopic (exact) mass is 296 g/mol. The third-order valence-electron chi connectivity index (χ3n) is 3.87. The smallest absolute Gasteiger partial charge is 0.255 e. The summed E-state index contributed by atoms with van der Waals surface area (Å²) in [4.78, 5) is 22.6. The van der Waals surface area contributed by atoms with Crippen molar-refractivity contribution in [3.63, 3.8) is 0 Å². The van der Waals surface area contributed by atoms with Crippen molar-refractivity contribution in [3.05, 3.63) is 54.1 Å². The highest BCUT2D eigenvalue weighted by Gasteiger charge is 2.18. The molecule has 0 unspecified atom stereocenters. The zero-order chi connectivity index (χ0) is 15.2. The third kappa shape index (κ3) is 3.61. The van der Waals surface area contributed by atoms with Gasteiger partial charge in [0.2, 0.25) is 0 Å². The van der Waals surface area contributed by atoms with Gasteiger partial charge in [-0.05, 0) is 43.0 Å². The molecule has 114 valence electrons. The summed E-state index contributed by atoms with van der Waals surface area (Å²) in [6, 6.07) is 5.80. The largest absolute Gasteiger partial charge is 0.380 e. The lowest BCUT2D eigenvalue weighted by atomic mass is 10.1. The minimum atomic E-state index is 0.0831.